The summed E-state index contributed by atoms with van der Waals surface area (Å²) in [6.07, 6.45) is 0. The van der Waals surface area contributed by atoms with Gasteiger partial charge in [-0.3, -0.25) is 9.59 Å². The number of rotatable bonds is 7. The topological polar surface area (TPSA) is 58.2 Å². The monoisotopic (exact) mass is 356 g/mol. The fourth-order valence-corrected chi connectivity index (χ4v) is 3.23. The van der Waals surface area contributed by atoms with Crippen LogP contribution in [-0.2, 0) is 11.3 Å². The van der Waals surface area contributed by atoms with E-state index in [0.29, 0.717) is 17.9 Å². The molecule has 0 saturated carbocycles. The molecule has 2 rings (SSSR count). The van der Waals surface area contributed by atoms with Crippen molar-refractivity contribution in [2.24, 2.45) is 0 Å². The van der Waals surface area contributed by atoms with Gasteiger partial charge in [0.05, 0.1) is 11.3 Å². The van der Waals surface area contributed by atoms with Crippen molar-refractivity contribution in [3.8, 4) is 0 Å². The van der Waals surface area contributed by atoms with E-state index in [-0.39, 0.29) is 17.9 Å². The van der Waals surface area contributed by atoms with Gasteiger partial charge >= 0.3 is 0 Å². The van der Waals surface area contributed by atoms with Gasteiger partial charge in [0.15, 0.2) is 0 Å². The van der Waals surface area contributed by atoms with Gasteiger partial charge in [-0.2, -0.15) is 0 Å². The summed E-state index contributed by atoms with van der Waals surface area (Å²) in [6.45, 7) is 6.36. The second kappa shape index (κ2) is 9.28. The summed E-state index contributed by atoms with van der Waals surface area (Å²) in [5.74, 6) is 0.131. The van der Waals surface area contributed by atoms with Crippen LogP contribution in [0.1, 0.15) is 35.3 Å². The fraction of sp³-hybridized carbons (Fsp3) is 0.300. The quantitative estimate of drug-likeness (QED) is 0.746. The summed E-state index contributed by atoms with van der Waals surface area (Å²) < 4.78 is 0. The Labute approximate surface area is 153 Å². The number of hydrogen-bond acceptors (Lipinski definition) is 3. The van der Waals surface area contributed by atoms with E-state index in [4.69, 9.17) is 0 Å². The lowest BCUT2D eigenvalue weighted by molar-refractivity contribution is -0.119. The van der Waals surface area contributed by atoms with Crippen molar-refractivity contribution >= 4 is 23.6 Å². The van der Waals surface area contributed by atoms with Crippen molar-refractivity contribution in [2.45, 2.75) is 38.3 Å². The number of amides is 2. The predicted molar refractivity (Wildman–Crippen MR) is 103 cm³/mol. The van der Waals surface area contributed by atoms with Crippen LogP contribution in [0.4, 0.5) is 0 Å². The molecule has 4 nitrogen and oxygen atoms in total. The first-order valence-corrected chi connectivity index (χ1v) is 9.30. The zero-order valence-corrected chi connectivity index (χ0v) is 15.7. The maximum Gasteiger partial charge on any atom is 0.252 e. The summed E-state index contributed by atoms with van der Waals surface area (Å²) in [7, 11) is 0. The molecular weight excluding hydrogens is 332 g/mol. The van der Waals surface area contributed by atoms with E-state index in [2.05, 4.69) is 10.6 Å². The average molecular weight is 356 g/mol. The van der Waals surface area contributed by atoms with Crippen molar-refractivity contribution in [1.29, 1.82) is 0 Å². The van der Waals surface area contributed by atoms with Crippen LogP contribution in [0.25, 0.3) is 0 Å². The zero-order valence-electron chi connectivity index (χ0n) is 14.8. The van der Waals surface area contributed by atoms with E-state index in [1.165, 1.54) is 11.8 Å². The van der Waals surface area contributed by atoms with Crippen LogP contribution in [0.5, 0.6) is 0 Å². The molecule has 25 heavy (non-hydrogen) atoms. The smallest absolute Gasteiger partial charge is 0.252 e. The van der Waals surface area contributed by atoms with Gasteiger partial charge in [0, 0.05) is 17.5 Å². The van der Waals surface area contributed by atoms with Gasteiger partial charge < -0.3 is 10.6 Å². The molecule has 0 heterocycles. The first kappa shape index (κ1) is 19.1. The molecule has 0 atom stereocenters. The van der Waals surface area contributed by atoms with E-state index in [1.54, 1.807) is 6.07 Å². The fourth-order valence-electron chi connectivity index (χ4n) is 2.37. The Bertz CT molecular complexity index is 744. The second-order valence-electron chi connectivity index (χ2n) is 6.12. The molecule has 0 spiro atoms. The Hall–Kier alpha value is -2.27. The van der Waals surface area contributed by atoms with Crippen molar-refractivity contribution in [3.63, 3.8) is 0 Å². The van der Waals surface area contributed by atoms with E-state index < -0.39 is 0 Å². The van der Waals surface area contributed by atoms with E-state index >= 15 is 0 Å². The Morgan fingerprint density at radius 2 is 1.72 bits per heavy atom. The molecule has 132 valence electrons. The molecule has 0 aromatic heterocycles. The number of nitrogens with one attached hydrogen (secondary N) is 2. The van der Waals surface area contributed by atoms with Gasteiger partial charge in [-0.15, -0.1) is 11.8 Å². The molecule has 0 fully saturated rings. The standard InChI is InChI=1S/C20H24N2O2S/c1-14(2)22-19(23)13-25-18-11-7-6-10-17(18)20(24)21-12-16-9-5-4-8-15(16)3/h4-11,14H,12-13H2,1-3H3,(H,21,24)(H,22,23). The van der Waals surface area contributed by atoms with Crippen LogP contribution in [0, 0.1) is 6.92 Å². The Morgan fingerprint density at radius 3 is 2.44 bits per heavy atom. The first-order valence-electron chi connectivity index (χ1n) is 8.31. The van der Waals surface area contributed by atoms with Gasteiger partial charge in [-0.05, 0) is 44.0 Å². The van der Waals surface area contributed by atoms with Gasteiger partial charge in [0.2, 0.25) is 5.91 Å². The lowest BCUT2D eigenvalue weighted by Gasteiger charge is -2.12. The third kappa shape index (κ3) is 5.94. The minimum absolute atomic E-state index is 0.0323. The largest absolute Gasteiger partial charge is 0.353 e. The highest BCUT2D eigenvalue weighted by molar-refractivity contribution is 8.00. The Balaban J connectivity index is 2.00. The predicted octanol–water partition coefficient (Wildman–Crippen LogP) is 3.54. The Morgan fingerprint density at radius 1 is 1.04 bits per heavy atom. The number of carbonyl (C=O) groups is 2. The summed E-state index contributed by atoms with van der Waals surface area (Å²) in [6, 6.07) is 15.5. The maximum atomic E-state index is 12.5. The lowest BCUT2D eigenvalue weighted by atomic mass is 10.1. The zero-order chi connectivity index (χ0) is 18.2. The highest BCUT2D eigenvalue weighted by atomic mass is 32.2. The summed E-state index contributed by atoms with van der Waals surface area (Å²) in [5, 5.41) is 5.82. The molecular formula is C20H24N2O2S. The molecule has 2 N–H and O–H groups in total. The maximum absolute atomic E-state index is 12.5. The van der Waals surface area contributed by atoms with Gasteiger partial charge in [-0.1, -0.05) is 36.4 Å². The van der Waals surface area contributed by atoms with Crippen LogP contribution in [0.15, 0.2) is 53.4 Å². The molecule has 2 amide bonds. The summed E-state index contributed by atoms with van der Waals surface area (Å²) in [4.78, 5) is 25.2. The molecule has 0 unspecified atom stereocenters. The number of thioether (sulfide) groups is 1. The van der Waals surface area contributed by atoms with E-state index in [1.807, 2.05) is 63.2 Å². The first-order chi connectivity index (χ1) is 12.0. The molecule has 2 aromatic carbocycles. The minimum atomic E-state index is -0.129. The molecule has 5 heteroatoms. The molecule has 0 bridgehead atoms. The molecule has 0 saturated heterocycles. The van der Waals surface area contributed by atoms with Crippen molar-refractivity contribution in [3.05, 3.63) is 65.2 Å². The van der Waals surface area contributed by atoms with Gasteiger partial charge in [0.25, 0.3) is 5.91 Å². The normalized spacial score (nSPS) is 10.6. The third-order valence-electron chi connectivity index (χ3n) is 3.64. The SMILES string of the molecule is Cc1ccccc1CNC(=O)c1ccccc1SCC(=O)NC(C)C. The van der Waals surface area contributed by atoms with Crippen LogP contribution < -0.4 is 10.6 Å². The van der Waals surface area contributed by atoms with Crippen LogP contribution in [-0.4, -0.2) is 23.6 Å². The van der Waals surface area contributed by atoms with Crippen LogP contribution in [0.3, 0.4) is 0 Å². The lowest BCUT2D eigenvalue weighted by Crippen LogP contribution is -2.31. The number of carbonyl (C=O) groups excluding carboxylic acids is 2. The summed E-state index contributed by atoms with van der Waals surface area (Å²) >= 11 is 1.38. The van der Waals surface area contributed by atoms with E-state index in [0.717, 1.165) is 16.0 Å². The minimum Gasteiger partial charge on any atom is -0.353 e. The van der Waals surface area contributed by atoms with Gasteiger partial charge in [-0.25, -0.2) is 0 Å². The van der Waals surface area contributed by atoms with Crippen molar-refractivity contribution in [1.82, 2.24) is 10.6 Å². The van der Waals surface area contributed by atoms with Crippen LogP contribution in [0.2, 0.25) is 0 Å². The number of benzene rings is 2. The van der Waals surface area contributed by atoms with Crippen molar-refractivity contribution in [2.75, 3.05) is 5.75 Å². The van der Waals surface area contributed by atoms with Gasteiger partial charge in [0.1, 0.15) is 0 Å². The number of hydrogen-bond donors (Lipinski definition) is 2. The third-order valence-corrected chi connectivity index (χ3v) is 4.71. The number of aryl methyl sites for hydroxylation is 1. The second-order valence-corrected chi connectivity index (χ2v) is 7.13. The van der Waals surface area contributed by atoms with E-state index in [9.17, 15) is 9.59 Å². The Kier molecular flexibility index (Phi) is 7.07. The molecule has 0 aliphatic carbocycles. The average Bonchev–Trinajstić information content (AvgIpc) is 2.58. The van der Waals surface area contributed by atoms with Crippen LogP contribution >= 0.6 is 11.8 Å². The summed E-state index contributed by atoms with van der Waals surface area (Å²) in [5.41, 5.74) is 2.84. The van der Waals surface area contributed by atoms with Crippen molar-refractivity contribution < 1.29 is 9.59 Å². The molecule has 0 aliphatic rings. The molecule has 2 aromatic rings. The highest BCUT2D eigenvalue weighted by Crippen LogP contribution is 2.22. The highest BCUT2D eigenvalue weighted by Gasteiger charge is 2.13. The molecule has 0 aliphatic heterocycles. The molecule has 0 radical (unpaired) electrons.